The second-order valence-electron chi connectivity index (χ2n) is 4.05. The van der Waals surface area contributed by atoms with Crippen molar-refractivity contribution in [3.8, 4) is 0 Å². The van der Waals surface area contributed by atoms with E-state index in [0.717, 1.165) is 18.7 Å². The summed E-state index contributed by atoms with van der Waals surface area (Å²) >= 11 is 5.89. The summed E-state index contributed by atoms with van der Waals surface area (Å²) in [5.41, 5.74) is 1.16. The molecule has 1 aliphatic rings. The molecule has 0 radical (unpaired) electrons. The smallest absolute Gasteiger partial charge is 0.123 e. The highest BCUT2D eigenvalue weighted by Gasteiger charge is 2.23. The maximum atomic E-state index is 12.7. The molecule has 2 rings (SSSR count). The lowest BCUT2D eigenvalue weighted by Crippen LogP contribution is -2.30. The number of likely N-dealkylation sites (tertiary alicyclic amines) is 1. The van der Waals surface area contributed by atoms with Crippen LogP contribution in [0.3, 0.4) is 0 Å². The molecular weight excluding hydrogens is 213 g/mol. The van der Waals surface area contributed by atoms with Gasteiger partial charge in [-0.25, -0.2) is 4.39 Å². The minimum atomic E-state index is -0.172. The molecular formula is C12H15ClFN. The van der Waals surface area contributed by atoms with E-state index in [2.05, 4.69) is 4.90 Å². The van der Waals surface area contributed by atoms with E-state index in [0.29, 0.717) is 11.9 Å². The first-order valence-corrected chi connectivity index (χ1v) is 5.87. The number of benzene rings is 1. The Bertz CT molecular complexity index is 312. The van der Waals surface area contributed by atoms with E-state index in [9.17, 15) is 4.39 Å². The van der Waals surface area contributed by atoms with Crippen molar-refractivity contribution < 1.29 is 4.39 Å². The van der Waals surface area contributed by atoms with E-state index in [1.807, 2.05) is 12.1 Å². The van der Waals surface area contributed by atoms with Crippen LogP contribution in [0.1, 0.15) is 18.4 Å². The van der Waals surface area contributed by atoms with Gasteiger partial charge in [0, 0.05) is 18.5 Å². The largest absolute Gasteiger partial charge is 0.295 e. The molecule has 0 aliphatic carbocycles. The van der Waals surface area contributed by atoms with Crippen molar-refractivity contribution in [1.29, 1.82) is 0 Å². The van der Waals surface area contributed by atoms with Crippen molar-refractivity contribution in [1.82, 2.24) is 4.90 Å². The van der Waals surface area contributed by atoms with Gasteiger partial charge in [-0.15, -0.1) is 11.6 Å². The van der Waals surface area contributed by atoms with Gasteiger partial charge in [-0.05, 0) is 37.1 Å². The second-order valence-corrected chi connectivity index (χ2v) is 4.36. The molecule has 1 unspecified atom stereocenters. The molecule has 1 atom stereocenters. The Morgan fingerprint density at radius 1 is 1.33 bits per heavy atom. The van der Waals surface area contributed by atoms with Gasteiger partial charge >= 0.3 is 0 Å². The average Bonchev–Trinajstić information content (AvgIpc) is 2.69. The van der Waals surface area contributed by atoms with Crippen LogP contribution in [0.25, 0.3) is 0 Å². The Kier molecular flexibility index (Phi) is 3.60. The topological polar surface area (TPSA) is 3.24 Å². The molecule has 0 spiro atoms. The quantitative estimate of drug-likeness (QED) is 0.718. The standard InChI is InChI=1S/C12H15ClFN/c13-8-12-2-1-7-15(12)9-10-3-5-11(14)6-4-10/h3-6,12H,1-2,7-9H2. The molecule has 15 heavy (non-hydrogen) atoms. The maximum absolute atomic E-state index is 12.7. The molecule has 1 nitrogen and oxygen atoms in total. The molecule has 1 saturated heterocycles. The van der Waals surface area contributed by atoms with Crippen molar-refractivity contribution in [2.24, 2.45) is 0 Å². The highest BCUT2D eigenvalue weighted by molar-refractivity contribution is 6.18. The molecule has 1 fully saturated rings. The monoisotopic (exact) mass is 227 g/mol. The summed E-state index contributed by atoms with van der Waals surface area (Å²) in [6.45, 7) is 1.99. The van der Waals surface area contributed by atoms with E-state index >= 15 is 0 Å². The Balaban J connectivity index is 1.99. The number of hydrogen-bond donors (Lipinski definition) is 0. The van der Waals surface area contributed by atoms with E-state index < -0.39 is 0 Å². The zero-order valence-electron chi connectivity index (χ0n) is 8.63. The average molecular weight is 228 g/mol. The van der Waals surface area contributed by atoms with Crippen molar-refractivity contribution in [3.05, 3.63) is 35.6 Å². The molecule has 0 N–H and O–H groups in total. The van der Waals surface area contributed by atoms with E-state index in [1.165, 1.54) is 25.0 Å². The molecule has 1 aromatic carbocycles. The van der Waals surface area contributed by atoms with Gasteiger partial charge in [-0.2, -0.15) is 0 Å². The molecule has 1 aromatic rings. The fraction of sp³-hybridized carbons (Fsp3) is 0.500. The number of hydrogen-bond acceptors (Lipinski definition) is 1. The molecule has 1 aliphatic heterocycles. The highest BCUT2D eigenvalue weighted by Crippen LogP contribution is 2.20. The Hall–Kier alpha value is -0.600. The lowest BCUT2D eigenvalue weighted by molar-refractivity contribution is 0.263. The molecule has 0 saturated carbocycles. The number of halogens is 2. The first-order valence-electron chi connectivity index (χ1n) is 5.34. The first-order chi connectivity index (χ1) is 7.29. The van der Waals surface area contributed by atoms with Crippen molar-refractivity contribution in [2.75, 3.05) is 12.4 Å². The van der Waals surface area contributed by atoms with E-state index in [4.69, 9.17) is 11.6 Å². The Labute approximate surface area is 94.8 Å². The van der Waals surface area contributed by atoms with Crippen LogP contribution in [-0.4, -0.2) is 23.4 Å². The van der Waals surface area contributed by atoms with Gasteiger partial charge in [-0.3, -0.25) is 4.90 Å². The minimum absolute atomic E-state index is 0.172. The molecule has 0 aromatic heterocycles. The lowest BCUT2D eigenvalue weighted by atomic mass is 10.2. The third-order valence-electron chi connectivity index (χ3n) is 2.98. The summed E-state index contributed by atoms with van der Waals surface area (Å²) < 4.78 is 12.7. The zero-order valence-corrected chi connectivity index (χ0v) is 9.38. The maximum Gasteiger partial charge on any atom is 0.123 e. The third-order valence-corrected chi connectivity index (χ3v) is 3.33. The van der Waals surface area contributed by atoms with Crippen LogP contribution < -0.4 is 0 Å². The van der Waals surface area contributed by atoms with E-state index in [1.54, 1.807) is 0 Å². The summed E-state index contributed by atoms with van der Waals surface area (Å²) in [5, 5.41) is 0. The normalized spacial score (nSPS) is 22.1. The summed E-state index contributed by atoms with van der Waals surface area (Å²) in [4.78, 5) is 2.38. The molecule has 82 valence electrons. The van der Waals surface area contributed by atoms with Gasteiger partial charge in [0.1, 0.15) is 5.82 Å². The summed E-state index contributed by atoms with van der Waals surface area (Å²) in [7, 11) is 0. The fourth-order valence-electron chi connectivity index (χ4n) is 2.10. The highest BCUT2D eigenvalue weighted by atomic mass is 35.5. The van der Waals surface area contributed by atoms with Gasteiger partial charge in [0.15, 0.2) is 0 Å². The van der Waals surface area contributed by atoms with Gasteiger partial charge < -0.3 is 0 Å². The first kappa shape index (κ1) is 10.9. The predicted molar refractivity (Wildman–Crippen MR) is 60.6 cm³/mol. The third kappa shape index (κ3) is 2.70. The summed E-state index contributed by atoms with van der Waals surface area (Å²) in [5.74, 6) is 0.523. The summed E-state index contributed by atoms with van der Waals surface area (Å²) in [6, 6.07) is 7.22. The molecule has 0 bridgehead atoms. The van der Waals surface area contributed by atoms with Crippen LogP contribution in [-0.2, 0) is 6.54 Å². The molecule has 3 heteroatoms. The second kappa shape index (κ2) is 4.95. The Morgan fingerprint density at radius 3 is 2.73 bits per heavy atom. The molecule has 0 amide bonds. The van der Waals surface area contributed by atoms with Crippen LogP contribution in [0.4, 0.5) is 4.39 Å². The Morgan fingerprint density at radius 2 is 2.07 bits per heavy atom. The van der Waals surface area contributed by atoms with Crippen LogP contribution in [0, 0.1) is 5.82 Å². The van der Waals surface area contributed by atoms with Crippen molar-refractivity contribution >= 4 is 11.6 Å². The number of alkyl halides is 1. The number of rotatable bonds is 3. The van der Waals surface area contributed by atoms with E-state index in [-0.39, 0.29) is 5.82 Å². The SMILES string of the molecule is Fc1ccc(CN2CCCC2CCl)cc1. The molecule has 1 heterocycles. The van der Waals surface area contributed by atoms with Crippen LogP contribution in [0.2, 0.25) is 0 Å². The van der Waals surface area contributed by atoms with Gasteiger partial charge in [0.2, 0.25) is 0 Å². The lowest BCUT2D eigenvalue weighted by Gasteiger charge is -2.22. The predicted octanol–water partition coefficient (Wildman–Crippen LogP) is 3.03. The van der Waals surface area contributed by atoms with Crippen LogP contribution >= 0.6 is 11.6 Å². The van der Waals surface area contributed by atoms with Crippen molar-refractivity contribution in [3.63, 3.8) is 0 Å². The fourth-order valence-corrected chi connectivity index (χ4v) is 2.45. The van der Waals surface area contributed by atoms with Crippen molar-refractivity contribution in [2.45, 2.75) is 25.4 Å². The van der Waals surface area contributed by atoms with Gasteiger partial charge in [-0.1, -0.05) is 12.1 Å². The number of nitrogens with zero attached hydrogens (tertiary/aromatic N) is 1. The van der Waals surface area contributed by atoms with Gasteiger partial charge in [0.25, 0.3) is 0 Å². The van der Waals surface area contributed by atoms with Crippen LogP contribution in [0.15, 0.2) is 24.3 Å². The zero-order chi connectivity index (χ0) is 10.7. The van der Waals surface area contributed by atoms with Crippen LogP contribution in [0.5, 0.6) is 0 Å². The van der Waals surface area contributed by atoms with Gasteiger partial charge in [0.05, 0.1) is 0 Å². The summed E-state index contributed by atoms with van der Waals surface area (Å²) in [6.07, 6.45) is 2.41. The minimum Gasteiger partial charge on any atom is -0.295 e.